The van der Waals surface area contributed by atoms with E-state index in [1.807, 2.05) is 0 Å². The molecule has 2 aromatic heterocycles. The number of H-pyrrole nitrogens is 1. The summed E-state index contributed by atoms with van der Waals surface area (Å²) in [5, 5.41) is 16.6. The molecule has 0 bridgehead atoms. The monoisotopic (exact) mass is 474 g/mol. The molecular formula is C23H25F3N6O2. The van der Waals surface area contributed by atoms with Crippen molar-refractivity contribution in [2.24, 2.45) is 0 Å². The summed E-state index contributed by atoms with van der Waals surface area (Å²) >= 11 is 0. The van der Waals surface area contributed by atoms with Gasteiger partial charge in [0.15, 0.2) is 0 Å². The molecule has 0 saturated carbocycles. The summed E-state index contributed by atoms with van der Waals surface area (Å²) in [5.74, 6) is -0.0781. The lowest BCUT2D eigenvalue weighted by molar-refractivity contribution is -0.137. The third kappa shape index (κ3) is 4.45. The summed E-state index contributed by atoms with van der Waals surface area (Å²) in [5.41, 5.74) is 0.0676. The lowest BCUT2D eigenvalue weighted by Gasteiger charge is -2.24. The Morgan fingerprint density at radius 3 is 2.82 bits per heavy atom. The highest BCUT2D eigenvalue weighted by Crippen LogP contribution is 2.39. The second kappa shape index (κ2) is 8.88. The Hall–Kier alpha value is -3.18. The fourth-order valence-electron chi connectivity index (χ4n) is 4.59. The Kier molecular flexibility index (Phi) is 5.90. The van der Waals surface area contributed by atoms with E-state index < -0.39 is 17.8 Å². The van der Waals surface area contributed by atoms with Crippen LogP contribution in [0.15, 0.2) is 30.6 Å². The van der Waals surface area contributed by atoms with Crippen LogP contribution in [0.5, 0.6) is 0 Å². The highest BCUT2D eigenvalue weighted by molar-refractivity contribution is 6.02. The number of amides is 1. The molecular weight excluding hydrogens is 449 g/mol. The SMILES string of the molecule is O=C(c1ccc2c(-c3nc(N[C@H]4CCCNC4)ncc3C(F)(F)F)c[nH]c2c1)N1CC[C@H](O)C1. The van der Waals surface area contributed by atoms with Gasteiger partial charge in [-0.2, -0.15) is 13.2 Å². The molecule has 4 N–H and O–H groups in total. The Morgan fingerprint density at radius 1 is 1.26 bits per heavy atom. The van der Waals surface area contributed by atoms with Crippen molar-refractivity contribution in [2.45, 2.75) is 37.6 Å². The number of anilines is 1. The number of nitrogens with zero attached hydrogens (tertiary/aromatic N) is 3. The molecule has 0 unspecified atom stereocenters. The topological polar surface area (TPSA) is 106 Å². The largest absolute Gasteiger partial charge is 0.419 e. The fourth-order valence-corrected chi connectivity index (χ4v) is 4.59. The first-order chi connectivity index (χ1) is 16.3. The molecule has 2 atom stereocenters. The maximum absolute atomic E-state index is 13.8. The quantitative estimate of drug-likeness (QED) is 0.463. The number of piperidine rings is 1. The van der Waals surface area contributed by atoms with Crippen LogP contribution >= 0.6 is 0 Å². The number of carbonyl (C=O) groups excluding carboxylic acids is 1. The zero-order valence-corrected chi connectivity index (χ0v) is 18.3. The number of benzene rings is 1. The molecule has 2 aliphatic rings. The maximum atomic E-state index is 13.8. The van der Waals surface area contributed by atoms with Gasteiger partial charge in [0.1, 0.15) is 5.56 Å². The number of fused-ring (bicyclic) bond motifs is 1. The first-order valence-electron chi connectivity index (χ1n) is 11.3. The van der Waals surface area contributed by atoms with Gasteiger partial charge in [0.05, 0.1) is 11.8 Å². The molecule has 2 fully saturated rings. The van der Waals surface area contributed by atoms with Gasteiger partial charge < -0.3 is 25.6 Å². The van der Waals surface area contributed by atoms with Crippen molar-refractivity contribution in [2.75, 3.05) is 31.5 Å². The van der Waals surface area contributed by atoms with Crippen LogP contribution in [0.4, 0.5) is 19.1 Å². The van der Waals surface area contributed by atoms with Crippen LogP contribution < -0.4 is 10.6 Å². The minimum Gasteiger partial charge on any atom is -0.391 e. The number of aliphatic hydroxyl groups is 1. The van der Waals surface area contributed by atoms with Crippen molar-refractivity contribution in [1.29, 1.82) is 0 Å². The number of hydrogen-bond acceptors (Lipinski definition) is 6. The van der Waals surface area contributed by atoms with Gasteiger partial charge in [-0.05, 0) is 37.9 Å². The average molecular weight is 474 g/mol. The molecule has 0 spiro atoms. The van der Waals surface area contributed by atoms with Crippen molar-refractivity contribution in [3.05, 3.63) is 41.7 Å². The number of carbonyl (C=O) groups is 1. The van der Waals surface area contributed by atoms with E-state index in [4.69, 9.17) is 0 Å². The minimum absolute atomic E-state index is 0.0407. The molecule has 2 aliphatic heterocycles. The zero-order valence-electron chi connectivity index (χ0n) is 18.3. The molecule has 11 heteroatoms. The number of likely N-dealkylation sites (tertiary alicyclic amines) is 1. The number of β-amino-alcohol motifs (C(OH)–C–C–N with tert-alkyl or cyclic N) is 1. The van der Waals surface area contributed by atoms with Crippen molar-refractivity contribution in [3.63, 3.8) is 0 Å². The molecule has 5 rings (SSSR count). The standard InChI is InChI=1S/C23H25F3N6O2/c24-23(25,26)18-11-29-22(30-14-2-1-6-27-9-14)31-20(18)17-10-28-19-8-13(3-4-16(17)19)21(34)32-7-5-15(33)12-32/h3-4,8,10-11,14-15,27-28,33H,1-2,5-7,9,12H2,(H,29,30,31)/t14-,15-/m0/s1. The fraction of sp³-hybridized carbons (Fsp3) is 0.435. The van der Waals surface area contributed by atoms with Crippen LogP contribution in [0.2, 0.25) is 0 Å². The number of alkyl halides is 3. The molecule has 3 aromatic rings. The number of halogens is 3. The second-order valence-electron chi connectivity index (χ2n) is 8.80. The van der Waals surface area contributed by atoms with Crippen LogP contribution in [0.3, 0.4) is 0 Å². The minimum atomic E-state index is -4.63. The molecule has 8 nitrogen and oxygen atoms in total. The van der Waals surface area contributed by atoms with E-state index in [0.717, 1.165) is 25.6 Å². The van der Waals surface area contributed by atoms with Gasteiger partial charge in [0, 0.05) is 60.1 Å². The van der Waals surface area contributed by atoms with Crippen LogP contribution in [0.1, 0.15) is 35.2 Å². The number of hydrogen-bond donors (Lipinski definition) is 4. The molecule has 4 heterocycles. The maximum Gasteiger partial charge on any atom is 0.419 e. The van der Waals surface area contributed by atoms with Gasteiger partial charge in [-0.3, -0.25) is 4.79 Å². The lowest BCUT2D eigenvalue weighted by atomic mass is 10.0. The molecule has 0 radical (unpaired) electrons. The van der Waals surface area contributed by atoms with Gasteiger partial charge in [0.2, 0.25) is 5.95 Å². The number of nitrogens with one attached hydrogen (secondary N) is 3. The summed E-state index contributed by atoms with van der Waals surface area (Å²) in [4.78, 5) is 25.5. The van der Waals surface area contributed by atoms with E-state index in [-0.39, 0.29) is 35.7 Å². The third-order valence-electron chi connectivity index (χ3n) is 6.36. The predicted molar refractivity (Wildman–Crippen MR) is 120 cm³/mol. The zero-order chi connectivity index (χ0) is 23.9. The van der Waals surface area contributed by atoms with Gasteiger partial charge >= 0.3 is 6.18 Å². The van der Waals surface area contributed by atoms with E-state index in [0.29, 0.717) is 36.0 Å². The molecule has 1 amide bonds. The van der Waals surface area contributed by atoms with Gasteiger partial charge in [-0.15, -0.1) is 0 Å². The van der Waals surface area contributed by atoms with E-state index in [1.165, 1.54) is 6.20 Å². The summed E-state index contributed by atoms with van der Waals surface area (Å²) in [6, 6.07) is 4.88. The first kappa shape index (κ1) is 22.6. The first-order valence-corrected chi connectivity index (χ1v) is 11.3. The number of aromatic amines is 1. The summed E-state index contributed by atoms with van der Waals surface area (Å²) < 4.78 is 41.4. The number of aromatic nitrogens is 3. The van der Waals surface area contributed by atoms with E-state index >= 15 is 0 Å². The lowest BCUT2D eigenvalue weighted by Crippen LogP contribution is -2.38. The van der Waals surface area contributed by atoms with Crippen LogP contribution in [-0.4, -0.2) is 69.2 Å². The molecule has 2 saturated heterocycles. The van der Waals surface area contributed by atoms with Crippen molar-refractivity contribution < 1.29 is 23.1 Å². The predicted octanol–water partition coefficient (Wildman–Crippen LogP) is 3.01. The normalized spacial score (nSPS) is 21.2. The summed E-state index contributed by atoms with van der Waals surface area (Å²) in [6.45, 7) is 2.35. The summed E-state index contributed by atoms with van der Waals surface area (Å²) in [6.07, 6.45) is -0.498. The number of aliphatic hydroxyl groups excluding tert-OH is 1. The van der Waals surface area contributed by atoms with Crippen LogP contribution in [0.25, 0.3) is 22.2 Å². The Morgan fingerprint density at radius 2 is 2.12 bits per heavy atom. The number of rotatable bonds is 4. The second-order valence-corrected chi connectivity index (χ2v) is 8.80. The van der Waals surface area contributed by atoms with Crippen LogP contribution in [0, 0.1) is 0 Å². The van der Waals surface area contributed by atoms with Gasteiger partial charge in [-0.25, -0.2) is 9.97 Å². The Balaban J connectivity index is 1.50. The van der Waals surface area contributed by atoms with Crippen molar-refractivity contribution in [1.82, 2.24) is 25.2 Å². The highest BCUT2D eigenvalue weighted by atomic mass is 19.4. The summed E-state index contributed by atoms with van der Waals surface area (Å²) in [7, 11) is 0. The molecule has 1 aromatic carbocycles. The highest BCUT2D eigenvalue weighted by Gasteiger charge is 2.36. The average Bonchev–Trinajstić information content (AvgIpc) is 3.44. The molecule has 34 heavy (non-hydrogen) atoms. The van der Waals surface area contributed by atoms with Crippen molar-refractivity contribution >= 4 is 22.8 Å². The van der Waals surface area contributed by atoms with E-state index in [1.54, 1.807) is 23.1 Å². The van der Waals surface area contributed by atoms with E-state index in [2.05, 4.69) is 25.6 Å². The third-order valence-corrected chi connectivity index (χ3v) is 6.36. The van der Waals surface area contributed by atoms with Gasteiger partial charge in [0.25, 0.3) is 5.91 Å². The Bertz CT molecular complexity index is 1210. The molecule has 0 aliphatic carbocycles. The molecule has 180 valence electrons. The van der Waals surface area contributed by atoms with Gasteiger partial charge in [-0.1, -0.05) is 6.07 Å². The smallest absolute Gasteiger partial charge is 0.391 e. The van der Waals surface area contributed by atoms with Crippen LogP contribution in [-0.2, 0) is 6.18 Å². The van der Waals surface area contributed by atoms with E-state index in [9.17, 15) is 23.1 Å². The van der Waals surface area contributed by atoms with Crippen molar-refractivity contribution in [3.8, 4) is 11.3 Å². The Labute approximate surface area is 193 Å².